The molecular formula is C15H16ClN3O2S. The molecule has 0 spiro atoms. The second-order valence-electron chi connectivity index (χ2n) is 5.91. The summed E-state index contributed by atoms with van der Waals surface area (Å²) in [5.41, 5.74) is 0. The van der Waals surface area contributed by atoms with Gasteiger partial charge in [-0.05, 0) is 24.9 Å². The Morgan fingerprint density at radius 3 is 2.95 bits per heavy atom. The van der Waals surface area contributed by atoms with E-state index in [4.69, 9.17) is 11.6 Å². The molecule has 2 aliphatic rings. The van der Waals surface area contributed by atoms with Crippen molar-refractivity contribution in [2.75, 3.05) is 19.6 Å². The van der Waals surface area contributed by atoms with Crippen LogP contribution in [0.3, 0.4) is 0 Å². The van der Waals surface area contributed by atoms with Gasteiger partial charge < -0.3 is 5.32 Å². The molecule has 2 aromatic rings. The number of hydrogen-bond acceptors (Lipinski definition) is 4. The lowest BCUT2D eigenvalue weighted by molar-refractivity contribution is 0.449. The summed E-state index contributed by atoms with van der Waals surface area (Å²) in [6.07, 6.45) is 4.17. The van der Waals surface area contributed by atoms with E-state index in [2.05, 4.69) is 10.3 Å². The van der Waals surface area contributed by atoms with Gasteiger partial charge in [0.1, 0.15) is 0 Å². The minimum atomic E-state index is -3.55. The number of fused-ring (bicyclic) bond motifs is 2. The maximum Gasteiger partial charge on any atom is 0.243 e. The van der Waals surface area contributed by atoms with Crippen molar-refractivity contribution in [3.63, 3.8) is 0 Å². The molecule has 3 heterocycles. The number of rotatable bonds is 2. The van der Waals surface area contributed by atoms with Gasteiger partial charge in [0, 0.05) is 42.3 Å². The Labute approximate surface area is 134 Å². The summed E-state index contributed by atoms with van der Waals surface area (Å²) in [5, 5.41) is 5.05. The fourth-order valence-electron chi connectivity index (χ4n) is 3.52. The van der Waals surface area contributed by atoms with Crippen molar-refractivity contribution in [2.45, 2.75) is 17.4 Å². The normalized spacial score (nSPS) is 25.7. The van der Waals surface area contributed by atoms with Crippen molar-refractivity contribution in [2.24, 2.45) is 5.92 Å². The summed E-state index contributed by atoms with van der Waals surface area (Å²) >= 11 is 6.21. The Balaban J connectivity index is 1.81. The number of aromatic nitrogens is 1. The summed E-state index contributed by atoms with van der Waals surface area (Å²) in [5.74, 6) is 0.418. The lowest BCUT2D eigenvalue weighted by Gasteiger charge is -2.19. The SMILES string of the molecule is O=S(=O)(c1cccc2cncc(Cl)c12)N1C[C@@H]2CCN[C@@H]2C1. The Morgan fingerprint density at radius 1 is 1.27 bits per heavy atom. The van der Waals surface area contributed by atoms with E-state index in [0.717, 1.165) is 18.4 Å². The number of hydrogen-bond donors (Lipinski definition) is 1. The Hall–Kier alpha value is -1.21. The molecule has 7 heteroatoms. The average Bonchev–Trinajstić information content (AvgIpc) is 3.08. The van der Waals surface area contributed by atoms with E-state index in [1.165, 1.54) is 6.20 Å². The second-order valence-corrected chi connectivity index (χ2v) is 8.22. The van der Waals surface area contributed by atoms with Gasteiger partial charge >= 0.3 is 0 Å². The smallest absolute Gasteiger partial charge is 0.243 e. The molecule has 0 bridgehead atoms. The van der Waals surface area contributed by atoms with E-state index in [0.29, 0.717) is 29.4 Å². The van der Waals surface area contributed by atoms with Crippen LogP contribution in [0.15, 0.2) is 35.5 Å². The first-order valence-electron chi connectivity index (χ1n) is 7.33. The van der Waals surface area contributed by atoms with E-state index < -0.39 is 10.0 Å². The Bertz CT molecular complexity index is 823. The molecule has 1 aromatic carbocycles. The molecule has 1 N–H and O–H groups in total. The third kappa shape index (κ3) is 2.13. The maximum absolute atomic E-state index is 13.1. The predicted molar refractivity (Wildman–Crippen MR) is 85.4 cm³/mol. The molecule has 0 amide bonds. The highest BCUT2D eigenvalue weighted by atomic mass is 35.5. The van der Waals surface area contributed by atoms with Crippen LogP contribution in [-0.2, 0) is 10.0 Å². The van der Waals surface area contributed by atoms with Crippen molar-refractivity contribution in [3.8, 4) is 0 Å². The van der Waals surface area contributed by atoms with Crippen LogP contribution in [0, 0.1) is 5.92 Å². The molecule has 0 radical (unpaired) electrons. The van der Waals surface area contributed by atoms with Crippen molar-refractivity contribution >= 4 is 32.4 Å². The Kier molecular flexibility index (Phi) is 3.38. The van der Waals surface area contributed by atoms with Crippen LogP contribution >= 0.6 is 11.6 Å². The van der Waals surface area contributed by atoms with Crippen LogP contribution in [-0.4, -0.2) is 43.4 Å². The lowest BCUT2D eigenvalue weighted by atomic mass is 10.1. The number of nitrogens with one attached hydrogen (secondary N) is 1. The van der Waals surface area contributed by atoms with Crippen molar-refractivity contribution in [1.29, 1.82) is 0 Å². The van der Waals surface area contributed by atoms with E-state index in [1.807, 2.05) is 6.07 Å². The fraction of sp³-hybridized carbons (Fsp3) is 0.400. The number of nitrogens with zero attached hydrogens (tertiary/aromatic N) is 2. The van der Waals surface area contributed by atoms with Crippen LogP contribution < -0.4 is 5.32 Å². The van der Waals surface area contributed by atoms with Crippen LogP contribution in [0.5, 0.6) is 0 Å². The highest BCUT2D eigenvalue weighted by Gasteiger charge is 2.41. The van der Waals surface area contributed by atoms with Gasteiger partial charge in [0.2, 0.25) is 10.0 Å². The van der Waals surface area contributed by atoms with E-state index in [1.54, 1.807) is 22.6 Å². The van der Waals surface area contributed by atoms with Crippen LogP contribution in [0.2, 0.25) is 5.02 Å². The molecule has 0 aliphatic carbocycles. The van der Waals surface area contributed by atoms with Crippen molar-refractivity contribution < 1.29 is 8.42 Å². The third-order valence-corrected chi connectivity index (χ3v) is 6.81. The number of benzene rings is 1. The van der Waals surface area contributed by atoms with Gasteiger partial charge in [0.25, 0.3) is 0 Å². The van der Waals surface area contributed by atoms with Gasteiger partial charge in [-0.25, -0.2) is 8.42 Å². The minimum Gasteiger partial charge on any atom is -0.312 e. The largest absolute Gasteiger partial charge is 0.312 e. The molecule has 116 valence electrons. The quantitative estimate of drug-likeness (QED) is 0.908. The van der Waals surface area contributed by atoms with Crippen LogP contribution in [0.1, 0.15) is 6.42 Å². The van der Waals surface area contributed by atoms with Gasteiger partial charge in [0.15, 0.2) is 0 Å². The molecule has 2 fully saturated rings. The molecule has 0 saturated carbocycles. The predicted octanol–water partition coefficient (Wildman–Crippen LogP) is 1.87. The lowest BCUT2D eigenvalue weighted by Crippen LogP contribution is -2.34. The minimum absolute atomic E-state index is 0.275. The van der Waals surface area contributed by atoms with Gasteiger partial charge in [-0.15, -0.1) is 0 Å². The van der Waals surface area contributed by atoms with E-state index >= 15 is 0 Å². The molecule has 0 unspecified atom stereocenters. The molecule has 5 nitrogen and oxygen atoms in total. The summed E-state index contributed by atoms with van der Waals surface area (Å²) < 4.78 is 27.7. The third-order valence-electron chi connectivity index (χ3n) is 4.65. The van der Waals surface area contributed by atoms with E-state index in [9.17, 15) is 8.42 Å². The summed E-state index contributed by atoms with van der Waals surface area (Å²) in [4.78, 5) is 4.30. The zero-order valence-electron chi connectivity index (χ0n) is 11.9. The number of pyridine rings is 1. The summed E-state index contributed by atoms with van der Waals surface area (Å²) in [6, 6.07) is 5.47. The fourth-order valence-corrected chi connectivity index (χ4v) is 5.60. The van der Waals surface area contributed by atoms with Gasteiger partial charge in [-0.1, -0.05) is 23.7 Å². The first-order chi connectivity index (χ1) is 10.6. The number of sulfonamides is 1. The molecule has 4 rings (SSSR count). The maximum atomic E-state index is 13.1. The summed E-state index contributed by atoms with van der Waals surface area (Å²) in [6.45, 7) is 2.10. The van der Waals surface area contributed by atoms with Crippen LogP contribution in [0.4, 0.5) is 0 Å². The highest BCUT2D eigenvalue weighted by molar-refractivity contribution is 7.89. The summed E-state index contributed by atoms with van der Waals surface area (Å²) in [7, 11) is -3.55. The van der Waals surface area contributed by atoms with Crippen molar-refractivity contribution in [1.82, 2.24) is 14.6 Å². The zero-order valence-corrected chi connectivity index (χ0v) is 13.4. The average molecular weight is 338 g/mol. The monoisotopic (exact) mass is 337 g/mol. The van der Waals surface area contributed by atoms with Crippen LogP contribution in [0.25, 0.3) is 10.8 Å². The van der Waals surface area contributed by atoms with Gasteiger partial charge in [-0.2, -0.15) is 4.31 Å². The standard InChI is InChI=1S/C15H16ClN3O2S/c16-12-7-17-6-10-2-1-3-14(15(10)12)22(20,21)19-8-11-4-5-18-13(11)9-19/h1-3,6-7,11,13,18H,4-5,8-9H2/t11-,13+/m0/s1. The van der Waals surface area contributed by atoms with Gasteiger partial charge in [-0.3, -0.25) is 4.98 Å². The number of halogens is 1. The van der Waals surface area contributed by atoms with E-state index in [-0.39, 0.29) is 10.9 Å². The topological polar surface area (TPSA) is 62.3 Å². The first-order valence-corrected chi connectivity index (χ1v) is 9.15. The van der Waals surface area contributed by atoms with Gasteiger partial charge in [0.05, 0.1) is 9.92 Å². The first kappa shape index (κ1) is 14.4. The van der Waals surface area contributed by atoms with Crippen molar-refractivity contribution in [3.05, 3.63) is 35.6 Å². The molecule has 1 aromatic heterocycles. The Morgan fingerprint density at radius 2 is 2.14 bits per heavy atom. The molecule has 2 atom stereocenters. The molecular weight excluding hydrogens is 322 g/mol. The zero-order chi connectivity index (χ0) is 15.3. The molecule has 22 heavy (non-hydrogen) atoms. The molecule has 2 aliphatic heterocycles. The molecule has 2 saturated heterocycles. The highest BCUT2D eigenvalue weighted by Crippen LogP contribution is 2.34. The second kappa shape index (κ2) is 5.16.